The molecule has 1 atom stereocenters. The van der Waals surface area contributed by atoms with Crippen molar-refractivity contribution in [2.24, 2.45) is 0 Å². The fourth-order valence-electron chi connectivity index (χ4n) is 3.26. The average molecular weight is 466 g/mol. The smallest absolute Gasteiger partial charge is 0.308 e. The van der Waals surface area contributed by atoms with Crippen molar-refractivity contribution >= 4 is 39.9 Å². The predicted octanol–water partition coefficient (Wildman–Crippen LogP) is 4.70. The van der Waals surface area contributed by atoms with E-state index in [0.717, 1.165) is 16.8 Å². The maximum atomic E-state index is 12.4. The van der Waals surface area contributed by atoms with Gasteiger partial charge < -0.3 is 10.1 Å². The van der Waals surface area contributed by atoms with Crippen LogP contribution in [0, 0.1) is 13.8 Å². The molecule has 33 heavy (non-hydrogen) atoms. The summed E-state index contributed by atoms with van der Waals surface area (Å²) in [5.41, 5.74) is 3.95. The van der Waals surface area contributed by atoms with Crippen molar-refractivity contribution in [3.05, 3.63) is 76.3 Å². The number of hydrogen-bond acceptors (Lipinski definition) is 6. The Kier molecular flexibility index (Phi) is 7.95. The quantitative estimate of drug-likeness (QED) is 0.487. The fraction of sp³-hybridized carbons (Fsp3) is 0.280. The highest BCUT2D eigenvalue weighted by molar-refractivity contribution is 7.14. The van der Waals surface area contributed by atoms with Crippen LogP contribution in [0.4, 0.5) is 10.8 Å². The van der Waals surface area contributed by atoms with Gasteiger partial charge in [0.15, 0.2) is 5.13 Å². The molecular formula is C25H27N3O4S. The van der Waals surface area contributed by atoms with Crippen LogP contribution in [-0.4, -0.2) is 28.8 Å². The summed E-state index contributed by atoms with van der Waals surface area (Å²) < 4.78 is 5.34. The highest BCUT2D eigenvalue weighted by Gasteiger charge is 2.21. The molecule has 1 N–H and O–H groups in total. The molecule has 0 saturated heterocycles. The van der Waals surface area contributed by atoms with E-state index in [-0.39, 0.29) is 30.9 Å². The van der Waals surface area contributed by atoms with E-state index in [9.17, 15) is 14.4 Å². The zero-order valence-corrected chi connectivity index (χ0v) is 19.9. The molecular weight excluding hydrogens is 438 g/mol. The van der Waals surface area contributed by atoms with Crippen LogP contribution in [0.25, 0.3) is 0 Å². The standard InChI is InChI=1S/C25H27N3O4S/c1-16-9-8-12-22(18(16)3)28(19(4)29)25-27-21(15-33-25)14-32-23(30)13-17(2)26-24(31)20-10-6-5-7-11-20/h5-12,15,17H,13-14H2,1-4H3,(H,26,31). The molecule has 172 valence electrons. The molecule has 8 heteroatoms. The molecule has 0 aliphatic heterocycles. The molecule has 1 heterocycles. The number of amides is 2. The maximum absolute atomic E-state index is 12.4. The Labute approximate surface area is 197 Å². The lowest BCUT2D eigenvalue weighted by molar-refractivity contribution is -0.145. The number of nitrogens with zero attached hydrogens (tertiary/aromatic N) is 2. The van der Waals surface area contributed by atoms with E-state index in [4.69, 9.17) is 4.74 Å². The Morgan fingerprint density at radius 1 is 1.09 bits per heavy atom. The van der Waals surface area contributed by atoms with Crippen LogP contribution in [0.3, 0.4) is 0 Å². The molecule has 0 aliphatic rings. The number of esters is 1. The van der Waals surface area contributed by atoms with E-state index < -0.39 is 5.97 Å². The van der Waals surface area contributed by atoms with Gasteiger partial charge >= 0.3 is 5.97 Å². The van der Waals surface area contributed by atoms with Crippen molar-refractivity contribution in [3.8, 4) is 0 Å². The fourth-order valence-corrected chi connectivity index (χ4v) is 4.13. The number of anilines is 2. The van der Waals surface area contributed by atoms with Gasteiger partial charge in [0.25, 0.3) is 5.91 Å². The third-order valence-electron chi connectivity index (χ3n) is 5.13. The molecule has 2 amide bonds. The lowest BCUT2D eigenvalue weighted by atomic mass is 10.1. The maximum Gasteiger partial charge on any atom is 0.308 e. The Balaban J connectivity index is 1.57. The van der Waals surface area contributed by atoms with Gasteiger partial charge in [-0.3, -0.25) is 19.3 Å². The van der Waals surface area contributed by atoms with Crippen molar-refractivity contribution in [2.75, 3.05) is 4.90 Å². The van der Waals surface area contributed by atoms with Crippen LogP contribution in [0.5, 0.6) is 0 Å². The van der Waals surface area contributed by atoms with Crippen molar-refractivity contribution in [2.45, 2.75) is 46.8 Å². The third kappa shape index (κ3) is 6.26. The first-order valence-corrected chi connectivity index (χ1v) is 11.5. The van der Waals surface area contributed by atoms with Crippen LogP contribution >= 0.6 is 11.3 Å². The molecule has 1 aromatic heterocycles. The van der Waals surface area contributed by atoms with Gasteiger partial charge in [-0.2, -0.15) is 0 Å². The molecule has 7 nitrogen and oxygen atoms in total. The molecule has 2 aromatic carbocycles. The molecule has 0 fully saturated rings. The molecule has 0 saturated carbocycles. The number of aromatic nitrogens is 1. The van der Waals surface area contributed by atoms with Crippen LogP contribution in [0.1, 0.15) is 47.4 Å². The number of ether oxygens (including phenoxy) is 1. The molecule has 1 unspecified atom stereocenters. The first-order chi connectivity index (χ1) is 15.8. The normalized spacial score (nSPS) is 11.5. The Morgan fingerprint density at radius 3 is 2.52 bits per heavy atom. The first kappa shape index (κ1) is 24.1. The average Bonchev–Trinajstić information content (AvgIpc) is 3.24. The lowest BCUT2D eigenvalue weighted by Gasteiger charge is -2.21. The van der Waals surface area contributed by atoms with Crippen molar-refractivity contribution in [1.29, 1.82) is 0 Å². The van der Waals surface area contributed by atoms with Crippen molar-refractivity contribution in [3.63, 3.8) is 0 Å². The lowest BCUT2D eigenvalue weighted by Crippen LogP contribution is -2.34. The van der Waals surface area contributed by atoms with Gasteiger partial charge in [0.1, 0.15) is 6.61 Å². The minimum atomic E-state index is -0.441. The molecule has 0 radical (unpaired) electrons. The summed E-state index contributed by atoms with van der Waals surface area (Å²) in [5.74, 6) is -0.830. The van der Waals surface area contributed by atoms with Crippen LogP contribution < -0.4 is 10.2 Å². The SMILES string of the molecule is CC(=O)N(c1nc(COC(=O)CC(C)NC(=O)c2ccccc2)cs1)c1cccc(C)c1C. The third-order valence-corrected chi connectivity index (χ3v) is 6.00. The van der Waals surface area contributed by atoms with Gasteiger partial charge in [-0.25, -0.2) is 4.98 Å². The Hall–Kier alpha value is -3.52. The molecule has 3 aromatic rings. The topological polar surface area (TPSA) is 88.6 Å². The Morgan fingerprint density at radius 2 is 1.82 bits per heavy atom. The summed E-state index contributed by atoms with van der Waals surface area (Å²) in [7, 11) is 0. The summed E-state index contributed by atoms with van der Waals surface area (Å²) in [5, 5.41) is 5.07. The Bertz CT molecular complexity index is 1140. The van der Waals surface area contributed by atoms with E-state index in [1.807, 2.05) is 38.1 Å². The second-order valence-corrected chi connectivity index (χ2v) is 8.64. The summed E-state index contributed by atoms with van der Waals surface area (Å²) in [4.78, 5) is 42.9. The van der Waals surface area contributed by atoms with Gasteiger partial charge in [-0.15, -0.1) is 11.3 Å². The highest BCUT2D eigenvalue weighted by atomic mass is 32.1. The molecule has 0 bridgehead atoms. The second-order valence-electron chi connectivity index (χ2n) is 7.80. The number of rotatable bonds is 8. The van der Waals surface area contributed by atoms with Crippen LogP contribution in [0.15, 0.2) is 53.9 Å². The van der Waals surface area contributed by atoms with Gasteiger partial charge in [0, 0.05) is 23.9 Å². The zero-order valence-electron chi connectivity index (χ0n) is 19.1. The summed E-state index contributed by atoms with van der Waals surface area (Å²) in [6.07, 6.45) is 0.0393. The van der Waals surface area contributed by atoms with E-state index in [1.165, 1.54) is 18.3 Å². The number of aryl methyl sites for hydroxylation is 1. The van der Waals surface area contributed by atoms with Gasteiger partial charge in [0.05, 0.1) is 17.8 Å². The first-order valence-electron chi connectivity index (χ1n) is 10.6. The number of carbonyl (C=O) groups excluding carboxylic acids is 3. The van der Waals surface area contributed by atoms with Gasteiger partial charge in [-0.1, -0.05) is 30.3 Å². The van der Waals surface area contributed by atoms with Crippen molar-refractivity contribution < 1.29 is 19.1 Å². The summed E-state index contributed by atoms with van der Waals surface area (Å²) >= 11 is 1.31. The number of hydrogen-bond donors (Lipinski definition) is 1. The van der Waals surface area contributed by atoms with E-state index in [1.54, 1.807) is 41.5 Å². The summed E-state index contributed by atoms with van der Waals surface area (Å²) in [6.45, 7) is 7.20. The van der Waals surface area contributed by atoms with Gasteiger partial charge in [-0.05, 0) is 50.1 Å². The summed E-state index contributed by atoms with van der Waals surface area (Å²) in [6, 6.07) is 14.2. The largest absolute Gasteiger partial charge is 0.459 e. The zero-order chi connectivity index (χ0) is 24.0. The number of thiazole rings is 1. The predicted molar refractivity (Wildman–Crippen MR) is 129 cm³/mol. The molecule has 3 rings (SSSR count). The van der Waals surface area contributed by atoms with E-state index >= 15 is 0 Å². The number of nitrogens with one attached hydrogen (secondary N) is 1. The monoisotopic (exact) mass is 465 g/mol. The minimum absolute atomic E-state index is 0.00672. The molecule has 0 spiro atoms. The van der Waals surface area contributed by atoms with E-state index in [2.05, 4.69) is 10.3 Å². The van der Waals surface area contributed by atoms with Crippen LogP contribution in [0.2, 0.25) is 0 Å². The van der Waals surface area contributed by atoms with E-state index in [0.29, 0.717) is 16.4 Å². The van der Waals surface area contributed by atoms with Crippen LogP contribution in [-0.2, 0) is 20.9 Å². The molecule has 0 aliphatic carbocycles. The minimum Gasteiger partial charge on any atom is -0.459 e. The number of carbonyl (C=O) groups is 3. The number of benzene rings is 2. The second kappa shape index (κ2) is 10.9. The highest BCUT2D eigenvalue weighted by Crippen LogP contribution is 2.32. The van der Waals surface area contributed by atoms with Gasteiger partial charge in [0.2, 0.25) is 5.91 Å². The van der Waals surface area contributed by atoms with Crippen molar-refractivity contribution in [1.82, 2.24) is 10.3 Å².